The molecule has 26 heavy (non-hydrogen) atoms. The maximum absolute atomic E-state index is 5.38. The van der Waals surface area contributed by atoms with E-state index in [0.29, 0.717) is 11.8 Å². The Balaban J connectivity index is 1.63. The van der Waals surface area contributed by atoms with Crippen molar-refractivity contribution in [3.63, 3.8) is 0 Å². The minimum Gasteiger partial charge on any atom is -0.496 e. The number of ether oxygens (including phenoxy) is 1. The highest BCUT2D eigenvalue weighted by Crippen LogP contribution is 2.21. The van der Waals surface area contributed by atoms with Gasteiger partial charge in [-0.3, -0.25) is 0 Å². The standard InChI is InChI=1S/C20H23N5O/c1-14-7-6-9-17(15(14)2)23-20-24-19(13-22-25-20)21-12-11-16-8-4-5-10-18(16)26-3/h4-10,13H,11-12H2,1-3H3,(H2,21,23,24,25). The number of methoxy groups -OCH3 is 1. The van der Waals surface area contributed by atoms with Gasteiger partial charge in [0.25, 0.3) is 0 Å². The molecule has 0 spiro atoms. The highest BCUT2D eigenvalue weighted by atomic mass is 16.5. The molecule has 6 heteroatoms. The maximum Gasteiger partial charge on any atom is 0.249 e. The Kier molecular flexibility index (Phi) is 5.63. The second kappa shape index (κ2) is 8.29. The number of benzene rings is 2. The largest absolute Gasteiger partial charge is 0.496 e. The van der Waals surface area contributed by atoms with Crippen molar-refractivity contribution in [3.05, 3.63) is 65.4 Å². The second-order valence-electron chi connectivity index (χ2n) is 6.03. The molecule has 1 aromatic heterocycles. The van der Waals surface area contributed by atoms with Crippen LogP contribution in [0.15, 0.2) is 48.7 Å². The fourth-order valence-electron chi connectivity index (χ4n) is 2.68. The molecule has 6 nitrogen and oxygen atoms in total. The summed E-state index contributed by atoms with van der Waals surface area (Å²) in [4.78, 5) is 4.49. The van der Waals surface area contributed by atoms with E-state index in [1.54, 1.807) is 13.3 Å². The topological polar surface area (TPSA) is 72.0 Å². The molecule has 0 atom stereocenters. The Morgan fingerprint density at radius 2 is 1.88 bits per heavy atom. The van der Waals surface area contributed by atoms with Crippen molar-refractivity contribution in [1.82, 2.24) is 15.2 Å². The SMILES string of the molecule is COc1ccccc1CCNc1cnnc(Nc2cccc(C)c2C)n1. The van der Waals surface area contributed by atoms with Gasteiger partial charge < -0.3 is 15.4 Å². The molecule has 3 aromatic rings. The van der Waals surface area contributed by atoms with Gasteiger partial charge in [-0.15, -0.1) is 5.10 Å². The minimum absolute atomic E-state index is 0.473. The third-order valence-corrected chi connectivity index (χ3v) is 4.30. The molecule has 0 aliphatic rings. The lowest BCUT2D eigenvalue weighted by atomic mass is 10.1. The van der Waals surface area contributed by atoms with Crippen molar-refractivity contribution >= 4 is 17.5 Å². The third kappa shape index (κ3) is 4.27. The maximum atomic E-state index is 5.38. The van der Waals surface area contributed by atoms with Gasteiger partial charge in [0.1, 0.15) is 5.75 Å². The van der Waals surface area contributed by atoms with Gasteiger partial charge in [0.05, 0.1) is 13.3 Å². The monoisotopic (exact) mass is 349 g/mol. The van der Waals surface area contributed by atoms with Gasteiger partial charge in [-0.05, 0) is 49.1 Å². The van der Waals surface area contributed by atoms with Crippen LogP contribution in [0.4, 0.5) is 17.5 Å². The minimum atomic E-state index is 0.473. The number of para-hydroxylation sites is 1. The van der Waals surface area contributed by atoms with Crippen molar-refractivity contribution in [1.29, 1.82) is 0 Å². The summed E-state index contributed by atoms with van der Waals surface area (Å²) in [6.07, 6.45) is 2.45. The normalized spacial score (nSPS) is 10.4. The van der Waals surface area contributed by atoms with Gasteiger partial charge >= 0.3 is 0 Å². The predicted molar refractivity (Wildman–Crippen MR) is 104 cm³/mol. The van der Waals surface area contributed by atoms with Crippen LogP contribution in [-0.4, -0.2) is 28.8 Å². The van der Waals surface area contributed by atoms with Gasteiger partial charge in [-0.2, -0.15) is 10.1 Å². The first kappa shape index (κ1) is 17.7. The molecule has 3 rings (SSSR count). The molecule has 0 aliphatic carbocycles. The average molecular weight is 349 g/mol. The molecular formula is C20H23N5O. The number of nitrogens with zero attached hydrogens (tertiary/aromatic N) is 3. The highest BCUT2D eigenvalue weighted by molar-refractivity contribution is 5.60. The highest BCUT2D eigenvalue weighted by Gasteiger charge is 2.06. The van der Waals surface area contributed by atoms with E-state index >= 15 is 0 Å². The van der Waals surface area contributed by atoms with Crippen molar-refractivity contribution in [2.45, 2.75) is 20.3 Å². The van der Waals surface area contributed by atoms with E-state index in [4.69, 9.17) is 4.74 Å². The lowest BCUT2D eigenvalue weighted by Crippen LogP contribution is -2.09. The summed E-state index contributed by atoms with van der Waals surface area (Å²) in [6, 6.07) is 14.1. The molecule has 0 aliphatic heterocycles. The van der Waals surface area contributed by atoms with Crippen LogP contribution in [0.3, 0.4) is 0 Å². The van der Waals surface area contributed by atoms with E-state index < -0.39 is 0 Å². The number of rotatable bonds is 7. The molecule has 0 radical (unpaired) electrons. The molecule has 2 aromatic carbocycles. The summed E-state index contributed by atoms with van der Waals surface area (Å²) in [7, 11) is 1.69. The van der Waals surface area contributed by atoms with Crippen LogP contribution in [-0.2, 0) is 6.42 Å². The van der Waals surface area contributed by atoms with Crippen LogP contribution in [0, 0.1) is 13.8 Å². The summed E-state index contributed by atoms with van der Waals surface area (Å²) in [5.41, 5.74) is 4.52. The van der Waals surface area contributed by atoms with Gasteiger partial charge in [-0.25, -0.2) is 0 Å². The van der Waals surface area contributed by atoms with E-state index in [2.05, 4.69) is 51.8 Å². The fourth-order valence-corrected chi connectivity index (χ4v) is 2.68. The zero-order valence-corrected chi connectivity index (χ0v) is 15.3. The smallest absolute Gasteiger partial charge is 0.249 e. The molecule has 1 heterocycles. The molecular weight excluding hydrogens is 326 g/mol. The van der Waals surface area contributed by atoms with E-state index in [0.717, 1.165) is 30.0 Å². The van der Waals surface area contributed by atoms with Crippen LogP contribution < -0.4 is 15.4 Å². The fraction of sp³-hybridized carbons (Fsp3) is 0.250. The molecule has 0 saturated carbocycles. The Labute approximate surface area is 153 Å². The van der Waals surface area contributed by atoms with Crippen molar-refractivity contribution in [3.8, 4) is 5.75 Å². The van der Waals surface area contributed by atoms with E-state index in [9.17, 15) is 0 Å². The summed E-state index contributed by atoms with van der Waals surface area (Å²) in [6.45, 7) is 4.87. The van der Waals surface area contributed by atoms with Gasteiger partial charge in [0, 0.05) is 12.2 Å². The number of aryl methyl sites for hydroxylation is 1. The zero-order valence-electron chi connectivity index (χ0n) is 15.3. The van der Waals surface area contributed by atoms with Gasteiger partial charge in [0.2, 0.25) is 5.95 Å². The first-order chi connectivity index (χ1) is 12.7. The lowest BCUT2D eigenvalue weighted by molar-refractivity contribution is 0.410. The molecule has 0 saturated heterocycles. The van der Waals surface area contributed by atoms with E-state index in [1.165, 1.54) is 11.1 Å². The first-order valence-electron chi connectivity index (χ1n) is 8.56. The number of anilines is 3. The molecule has 2 N–H and O–H groups in total. The van der Waals surface area contributed by atoms with Crippen LogP contribution in [0.2, 0.25) is 0 Å². The number of nitrogens with one attached hydrogen (secondary N) is 2. The van der Waals surface area contributed by atoms with Crippen LogP contribution in [0.5, 0.6) is 5.75 Å². The molecule has 134 valence electrons. The Bertz CT molecular complexity index is 882. The second-order valence-corrected chi connectivity index (χ2v) is 6.03. The summed E-state index contributed by atoms with van der Waals surface area (Å²) in [5, 5.41) is 14.6. The quantitative estimate of drug-likeness (QED) is 0.674. The number of aromatic nitrogens is 3. The lowest BCUT2D eigenvalue weighted by Gasteiger charge is -2.11. The third-order valence-electron chi connectivity index (χ3n) is 4.30. The number of hydrogen-bond donors (Lipinski definition) is 2. The van der Waals surface area contributed by atoms with Crippen LogP contribution in [0.1, 0.15) is 16.7 Å². The summed E-state index contributed by atoms with van der Waals surface area (Å²) >= 11 is 0. The van der Waals surface area contributed by atoms with Crippen LogP contribution >= 0.6 is 0 Å². The van der Waals surface area contributed by atoms with Crippen LogP contribution in [0.25, 0.3) is 0 Å². The average Bonchev–Trinajstić information content (AvgIpc) is 2.66. The van der Waals surface area contributed by atoms with E-state index in [-0.39, 0.29) is 0 Å². The Morgan fingerprint density at radius 3 is 2.73 bits per heavy atom. The summed E-state index contributed by atoms with van der Waals surface area (Å²) < 4.78 is 5.38. The molecule has 0 fully saturated rings. The van der Waals surface area contributed by atoms with Crippen molar-refractivity contribution in [2.24, 2.45) is 0 Å². The summed E-state index contributed by atoms with van der Waals surface area (Å²) in [5.74, 6) is 2.05. The molecule has 0 amide bonds. The molecule has 0 unspecified atom stereocenters. The molecule has 0 bridgehead atoms. The first-order valence-corrected chi connectivity index (χ1v) is 8.56. The van der Waals surface area contributed by atoms with Crippen molar-refractivity contribution in [2.75, 3.05) is 24.3 Å². The number of hydrogen-bond acceptors (Lipinski definition) is 6. The van der Waals surface area contributed by atoms with Gasteiger partial charge in [0.15, 0.2) is 5.82 Å². The zero-order chi connectivity index (χ0) is 18.4. The Hall–Kier alpha value is -3.15. The Morgan fingerprint density at radius 1 is 1.04 bits per heavy atom. The van der Waals surface area contributed by atoms with Gasteiger partial charge in [-0.1, -0.05) is 30.3 Å². The predicted octanol–water partition coefficient (Wildman–Crippen LogP) is 3.90. The van der Waals surface area contributed by atoms with E-state index in [1.807, 2.05) is 30.3 Å². The van der Waals surface area contributed by atoms with Crippen molar-refractivity contribution < 1.29 is 4.74 Å².